The van der Waals surface area contributed by atoms with Crippen LogP contribution in [0.5, 0.6) is 0 Å². The van der Waals surface area contributed by atoms with Gasteiger partial charge < -0.3 is 9.88 Å². The van der Waals surface area contributed by atoms with Gasteiger partial charge in [-0.05, 0) is 11.6 Å². The zero-order valence-corrected chi connectivity index (χ0v) is 11.8. The number of hydrogen-bond donors (Lipinski definition) is 1. The molecule has 8 heteroatoms. The minimum atomic E-state index is -0.415. The summed E-state index contributed by atoms with van der Waals surface area (Å²) in [5, 5.41) is 21.6. The number of benzene rings is 1. The predicted octanol–water partition coefficient (Wildman–Crippen LogP) is 1.78. The lowest BCUT2D eigenvalue weighted by atomic mass is 10.2. The Labute approximate surface area is 117 Å². The molecule has 1 N–H and O–H groups in total. The first-order valence-corrected chi connectivity index (χ1v) is 6.33. The van der Waals surface area contributed by atoms with Crippen molar-refractivity contribution < 1.29 is 4.92 Å². The molecule has 19 heavy (non-hydrogen) atoms. The van der Waals surface area contributed by atoms with E-state index in [1.807, 2.05) is 11.6 Å². The summed E-state index contributed by atoms with van der Waals surface area (Å²) in [5.74, 6) is 0.832. The number of rotatable bonds is 5. The van der Waals surface area contributed by atoms with Crippen LogP contribution < -0.4 is 5.32 Å². The van der Waals surface area contributed by atoms with Crippen molar-refractivity contribution in [1.29, 1.82) is 0 Å². The highest BCUT2D eigenvalue weighted by molar-refractivity contribution is 9.10. The predicted molar refractivity (Wildman–Crippen MR) is 72.3 cm³/mol. The van der Waals surface area contributed by atoms with Gasteiger partial charge in [-0.15, -0.1) is 10.2 Å². The second kappa shape index (κ2) is 5.89. The molecule has 2 aromatic rings. The Morgan fingerprint density at radius 2 is 2.26 bits per heavy atom. The summed E-state index contributed by atoms with van der Waals surface area (Å²) in [4.78, 5) is 10.2. The SMILES string of the molecule is Cn1cnnc1CNCc1ccc([N+](=O)[O-])cc1Br. The molecule has 1 aromatic carbocycles. The monoisotopic (exact) mass is 325 g/mol. The second-order valence-corrected chi connectivity index (χ2v) is 4.85. The molecule has 0 aliphatic rings. The number of nitrogens with zero attached hydrogens (tertiary/aromatic N) is 4. The van der Waals surface area contributed by atoms with E-state index in [0.717, 1.165) is 11.4 Å². The van der Waals surface area contributed by atoms with Crippen LogP contribution in [0.1, 0.15) is 11.4 Å². The average molecular weight is 326 g/mol. The van der Waals surface area contributed by atoms with Crippen LogP contribution in [0.15, 0.2) is 29.0 Å². The molecule has 0 saturated heterocycles. The topological polar surface area (TPSA) is 85.9 Å². The number of aryl methyl sites for hydroxylation is 1. The maximum absolute atomic E-state index is 10.6. The minimum Gasteiger partial charge on any atom is -0.320 e. The zero-order valence-electron chi connectivity index (χ0n) is 10.2. The van der Waals surface area contributed by atoms with E-state index in [-0.39, 0.29) is 5.69 Å². The fourth-order valence-corrected chi connectivity index (χ4v) is 2.08. The Hall–Kier alpha value is -1.80. The van der Waals surface area contributed by atoms with E-state index >= 15 is 0 Å². The Morgan fingerprint density at radius 3 is 2.84 bits per heavy atom. The molecule has 0 unspecified atom stereocenters. The van der Waals surface area contributed by atoms with Gasteiger partial charge >= 0.3 is 0 Å². The number of nitro groups is 1. The van der Waals surface area contributed by atoms with Gasteiger partial charge in [-0.3, -0.25) is 10.1 Å². The maximum atomic E-state index is 10.6. The molecule has 7 nitrogen and oxygen atoms in total. The average Bonchev–Trinajstić information content (AvgIpc) is 2.77. The first-order chi connectivity index (χ1) is 9.08. The molecule has 0 atom stereocenters. The molecule has 0 amide bonds. The molecule has 0 saturated carbocycles. The molecule has 2 rings (SSSR count). The van der Waals surface area contributed by atoms with Crippen LogP contribution in [0.4, 0.5) is 5.69 Å². The molecular formula is C11H12BrN5O2. The van der Waals surface area contributed by atoms with Crippen molar-refractivity contribution in [3.05, 3.63) is 50.5 Å². The first kappa shape index (κ1) is 13.6. The Morgan fingerprint density at radius 1 is 1.47 bits per heavy atom. The number of hydrogen-bond acceptors (Lipinski definition) is 5. The fourth-order valence-electron chi connectivity index (χ4n) is 1.57. The number of halogens is 1. The van der Waals surface area contributed by atoms with E-state index in [0.29, 0.717) is 17.6 Å². The van der Waals surface area contributed by atoms with Crippen molar-refractivity contribution >= 4 is 21.6 Å². The van der Waals surface area contributed by atoms with Gasteiger partial charge in [0.25, 0.3) is 5.69 Å². The van der Waals surface area contributed by atoms with E-state index in [1.165, 1.54) is 12.1 Å². The smallest absolute Gasteiger partial charge is 0.270 e. The van der Waals surface area contributed by atoms with Gasteiger partial charge in [0, 0.05) is 30.2 Å². The number of nitrogens with one attached hydrogen (secondary N) is 1. The molecule has 0 aliphatic carbocycles. The van der Waals surface area contributed by atoms with Gasteiger partial charge in [-0.2, -0.15) is 0 Å². The van der Waals surface area contributed by atoms with E-state index < -0.39 is 4.92 Å². The summed E-state index contributed by atoms with van der Waals surface area (Å²) in [6.45, 7) is 1.17. The van der Waals surface area contributed by atoms with Gasteiger partial charge in [-0.25, -0.2) is 0 Å². The highest BCUT2D eigenvalue weighted by atomic mass is 79.9. The lowest BCUT2D eigenvalue weighted by Gasteiger charge is -2.06. The van der Waals surface area contributed by atoms with Crippen LogP contribution in [0, 0.1) is 10.1 Å². The highest BCUT2D eigenvalue weighted by Gasteiger charge is 2.09. The molecule has 0 fully saturated rings. The van der Waals surface area contributed by atoms with E-state index in [9.17, 15) is 10.1 Å². The van der Waals surface area contributed by atoms with Gasteiger partial charge in [0.05, 0.1) is 11.5 Å². The third-order valence-electron chi connectivity index (χ3n) is 2.65. The van der Waals surface area contributed by atoms with Crippen molar-refractivity contribution in [1.82, 2.24) is 20.1 Å². The van der Waals surface area contributed by atoms with E-state index in [4.69, 9.17) is 0 Å². The number of aromatic nitrogens is 3. The van der Waals surface area contributed by atoms with Gasteiger partial charge in [-0.1, -0.05) is 15.9 Å². The fraction of sp³-hybridized carbons (Fsp3) is 0.273. The van der Waals surface area contributed by atoms with Crippen molar-refractivity contribution in [2.45, 2.75) is 13.1 Å². The van der Waals surface area contributed by atoms with Crippen LogP contribution in [0.3, 0.4) is 0 Å². The van der Waals surface area contributed by atoms with Crippen molar-refractivity contribution in [3.63, 3.8) is 0 Å². The summed E-state index contributed by atoms with van der Waals surface area (Å²) < 4.78 is 2.55. The minimum absolute atomic E-state index is 0.0731. The molecule has 0 aliphatic heterocycles. The standard InChI is InChI=1S/C11H12BrN5O2/c1-16-7-14-15-11(16)6-13-5-8-2-3-9(17(18)19)4-10(8)12/h2-4,7,13H,5-6H2,1H3. The van der Waals surface area contributed by atoms with Crippen molar-refractivity contribution in [3.8, 4) is 0 Å². The molecule has 0 spiro atoms. The normalized spacial score (nSPS) is 10.6. The first-order valence-electron chi connectivity index (χ1n) is 5.54. The van der Waals surface area contributed by atoms with Crippen LogP contribution in [0.2, 0.25) is 0 Å². The quantitative estimate of drug-likeness (QED) is 0.668. The van der Waals surface area contributed by atoms with Gasteiger partial charge in [0.15, 0.2) is 0 Å². The third-order valence-corrected chi connectivity index (χ3v) is 3.39. The molecule has 100 valence electrons. The summed E-state index contributed by atoms with van der Waals surface area (Å²) in [5.41, 5.74) is 1.02. The largest absolute Gasteiger partial charge is 0.320 e. The zero-order chi connectivity index (χ0) is 13.8. The summed E-state index contributed by atoms with van der Waals surface area (Å²) in [6.07, 6.45) is 1.64. The van der Waals surface area contributed by atoms with Crippen LogP contribution >= 0.6 is 15.9 Å². The van der Waals surface area contributed by atoms with Crippen molar-refractivity contribution in [2.75, 3.05) is 0 Å². The maximum Gasteiger partial charge on any atom is 0.270 e. The highest BCUT2D eigenvalue weighted by Crippen LogP contribution is 2.22. The molecule has 1 aromatic heterocycles. The summed E-state index contributed by atoms with van der Waals surface area (Å²) in [6, 6.07) is 4.72. The summed E-state index contributed by atoms with van der Waals surface area (Å²) in [7, 11) is 1.87. The molecule has 1 heterocycles. The van der Waals surface area contributed by atoms with Crippen LogP contribution in [0.25, 0.3) is 0 Å². The van der Waals surface area contributed by atoms with E-state index in [1.54, 1.807) is 12.4 Å². The van der Waals surface area contributed by atoms with Gasteiger partial charge in [0.2, 0.25) is 0 Å². The lowest BCUT2D eigenvalue weighted by molar-refractivity contribution is -0.384. The number of non-ortho nitro benzene ring substituents is 1. The van der Waals surface area contributed by atoms with Crippen LogP contribution in [-0.4, -0.2) is 19.7 Å². The van der Waals surface area contributed by atoms with E-state index in [2.05, 4.69) is 31.4 Å². The lowest BCUT2D eigenvalue weighted by Crippen LogP contribution is -2.16. The second-order valence-electron chi connectivity index (χ2n) is 3.99. The van der Waals surface area contributed by atoms with Crippen molar-refractivity contribution in [2.24, 2.45) is 7.05 Å². The molecule has 0 bridgehead atoms. The molecule has 0 radical (unpaired) electrons. The Kier molecular flexibility index (Phi) is 4.23. The number of nitro benzene ring substituents is 1. The Balaban J connectivity index is 1.96. The Bertz CT molecular complexity index is 599. The third kappa shape index (κ3) is 3.36. The van der Waals surface area contributed by atoms with Crippen LogP contribution in [-0.2, 0) is 20.1 Å². The summed E-state index contributed by atoms with van der Waals surface area (Å²) >= 11 is 3.33. The molecular weight excluding hydrogens is 314 g/mol. The van der Waals surface area contributed by atoms with Gasteiger partial charge in [0.1, 0.15) is 12.2 Å².